The molecule has 1 aromatic heterocycles. The second-order valence-electron chi connectivity index (χ2n) is 7.65. The first kappa shape index (κ1) is 20.7. The van der Waals surface area contributed by atoms with Gasteiger partial charge >= 0.3 is 20.4 Å². The van der Waals surface area contributed by atoms with E-state index < -0.39 is 32.6 Å². The molecule has 2 aromatic rings. The van der Waals surface area contributed by atoms with Gasteiger partial charge in [-0.2, -0.15) is 0 Å². The molecule has 4 atom stereocenters. The van der Waals surface area contributed by atoms with Crippen molar-refractivity contribution >= 4 is 26.1 Å². The molecule has 11 nitrogen and oxygen atoms in total. The zero-order valence-electron chi connectivity index (χ0n) is 17.0. The molecule has 1 aromatic carbocycles. The summed E-state index contributed by atoms with van der Waals surface area (Å²) in [5, 5.41) is 0. The van der Waals surface area contributed by atoms with Gasteiger partial charge in [0.25, 0.3) is 0 Å². The Labute approximate surface area is 183 Å². The van der Waals surface area contributed by atoms with E-state index in [-0.39, 0.29) is 19.3 Å². The summed E-state index contributed by atoms with van der Waals surface area (Å²) < 4.78 is 32.1. The maximum atomic E-state index is 12.4. The van der Waals surface area contributed by atoms with Gasteiger partial charge in [-0.3, -0.25) is 14.4 Å². The van der Waals surface area contributed by atoms with Gasteiger partial charge in [0.05, 0.1) is 24.5 Å². The van der Waals surface area contributed by atoms with Gasteiger partial charge in [0.15, 0.2) is 12.2 Å². The topological polar surface area (TPSA) is 128 Å². The summed E-state index contributed by atoms with van der Waals surface area (Å²) >= 11 is 0. The standard InChI is InChI=1S/C20H20N3O8P/c1-22-8-17(30-19(22)24)13-4-2-12(7-21-13)11-3-5-14-16(6-11)28-9-15-18(10-29-32(26)27)31-20(25)23(14)15/h2-7,15,17-18,32H,8-10H2,1H3,(H,26,27)/t15-,17?,18-/m0/s1. The van der Waals surface area contributed by atoms with Crippen molar-refractivity contribution in [2.45, 2.75) is 18.2 Å². The fraction of sp³-hybridized carbons (Fsp3) is 0.350. The van der Waals surface area contributed by atoms with E-state index in [1.54, 1.807) is 19.3 Å². The van der Waals surface area contributed by atoms with E-state index in [9.17, 15) is 14.2 Å². The normalized spacial score (nSPS) is 25.0. The Hall–Kier alpha value is -3.14. The SMILES string of the molecule is CN1CC(c2ccc(-c3ccc4c(c3)OC[C@H]3[C@H](CO[PH](=O)O)OC(=O)N43)cn2)OC1=O. The Morgan fingerprint density at radius 2 is 2.00 bits per heavy atom. The molecule has 0 aliphatic carbocycles. The molecule has 0 spiro atoms. The van der Waals surface area contributed by atoms with E-state index in [1.807, 2.05) is 24.3 Å². The maximum Gasteiger partial charge on any atom is 0.415 e. The molecule has 32 heavy (non-hydrogen) atoms. The van der Waals surface area contributed by atoms with Crippen LogP contribution in [0.1, 0.15) is 11.8 Å². The van der Waals surface area contributed by atoms with Gasteiger partial charge in [0.2, 0.25) is 0 Å². The molecule has 0 saturated carbocycles. The molecule has 2 fully saturated rings. The Balaban J connectivity index is 1.35. The monoisotopic (exact) mass is 461 g/mol. The number of pyridine rings is 1. The molecule has 2 amide bonds. The van der Waals surface area contributed by atoms with Crippen molar-refractivity contribution in [3.8, 4) is 16.9 Å². The average Bonchev–Trinajstić information content (AvgIpc) is 3.30. The highest BCUT2D eigenvalue weighted by Crippen LogP contribution is 2.41. The predicted octanol–water partition coefficient (Wildman–Crippen LogP) is 2.36. The minimum atomic E-state index is -3.12. The van der Waals surface area contributed by atoms with Gasteiger partial charge in [0, 0.05) is 18.8 Å². The Morgan fingerprint density at radius 3 is 2.69 bits per heavy atom. The average molecular weight is 461 g/mol. The molecule has 4 heterocycles. The van der Waals surface area contributed by atoms with Crippen molar-refractivity contribution in [3.63, 3.8) is 0 Å². The summed E-state index contributed by atoms with van der Waals surface area (Å²) in [6.45, 7) is 0.439. The summed E-state index contributed by atoms with van der Waals surface area (Å²) in [7, 11) is -1.44. The molecule has 2 unspecified atom stereocenters. The summed E-state index contributed by atoms with van der Waals surface area (Å²) in [6, 6.07) is 8.67. The van der Waals surface area contributed by atoms with Crippen LogP contribution in [0, 0.1) is 0 Å². The zero-order chi connectivity index (χ0) is 22.4. The van der Waals surface area contributed by atoms with Gasteiger partial charge in [-0.1, -0.05) is 12.1 Å². The first-order valence-corrected chi connectivity index (χ1v) is 11.2. The number of cyclic esters (lactones) is 2. The number of benzene rings is 1. The molecule has 2 saturated heterocycles. The highest BCUT2D eigenvalue weighted by atomic mass is 31.1. The number of hydrogen-bond acceptors (Lipinski definition) is 8. The second kappa shape index (κ2) is 8.09. The third-order valence-electron chi connectivity index (χ3n) is 5.65. The van der Waals surface area contributed by atoms with Crippen LogP contribution in [-0.4, -0.2) is 65.9 Å². The number of rotatable bonds is 5. The number of aromatic nitrogens is 1. The van der Waals surface area contributed by atoms with Crippen molar-refractivity contribution < 1.29 is 37.8 Å². The van der Waals surface area contributed by atoms with Crippen molar-refractivity contribution in [1.82, 2.24) is 9.88 Å². The summed E-state index contributed by atoms with van der Waals surface area (Å²) in [5.74, 6) is 0.517. The van der Waals surface area contributed by atoms with E-state index in [1.165, 1.54) is 9.80 Å². The van der Waals surface area contributed by atoms with Crippen LogP contribution in [0.5, 0.6) is 5.75 Å². The van der Waals surface area contributed by atoms with Crippen LogP contribution in [0.15, 0.2) is 36.5 Å². The number of hydrogen-bond donors (Lipinski definition) is 1. The summed E-state index contributed by atoms with van der Waals surface area (Å²) in [4.78, 5) is 40.3. The van der Waals surface area contributed by atoms with Crippen LogP contribution < -0.4 is 9.64 Å². The van der Waals surface area contributed by atoms with Crippen molar-refractivity contribution in [3.05, 3.63) is 42.2 Å². The lowest BCUT2D eigenvalue weighted by Crippen LogP contribution is -2.45. The molecule has 0 bridgehead atoms. The van der Waals surface area contributed by atoms with E-state index in [0.717, 1.165) is 11.1 Å². The van der Waals surface area contributed by atoms with Gasteiger partial charge < -0.3 is 28.5 Å². The number of nitrogens with zero attached hydrogens (tertiary/aromatic N) is 3. The van der Waals surface area contributed by atoms with Crippen LogP contribution >= 0.6 is 8.25 Å². The molecular weight excluding hydrogens is 441 g/mol. The number of fused-ring (bicyclic) bond motifs is 3. The highest BCUT2D eigenvalue weighted by molar-refractivity contribution is 7.32. The predicted molar refractivity (Wildman–Crippen MR) is 111 cm³/mol. The maximum absolute atomic E-state index is 12.4. The summed E-state index contributed by atoms with van der Waals surface area (Å²) in [6.07, 6.45) is -0.319. The molecule has 0 radical (unpaired) electrons. The largest absolute Gasteiger partial charge is 0.489 e. The lowest BCUT2D eigenvalue weighted by molar-refractivity contribution is 0.0804. The van der Waals surface area contributed by atoms with Crippen LogP contribution in [0.25, 0.3) is 11.1 Å². The fourth-order valence-corrected chi connectivity index (χ4v) is 4.31. The van der Waals surface area contributed by atoms with Gasteiger partial charge in [-0.05, 0) is 23.8 Å². The Kier molecular flexibility index (Phi) is 5.24. The van der Waals surface area contributed by atoms with Crippen molar-refractivity contribution in [2.75, 3.05) is 31.7 Å². The minimum absolute atomic E-state index is 0.167. The smallest absolute Gasteiger partial charge is 0.415 e. The van der Waals surface area contributed by atoms with Gasteiger partial charge in [-0.25, -0.2) is 9.59 Å². The summed E-state index contributed by atoms with van der Waals surface area (Å²) in [5.41, 5.74) is 2.90. The van der Waals surface area contributed by atoms with E-state index in [2.05, 4.69) is 4.98 Å². The molecule has 3 aliphatic rings. The molecule has 12 heteroatoms. The van der Waals surface area contributed by atoms with E-state index in [4.69, 9.17) is 23.6 Å². The molecule has 168 valence electrons. The number of amides is 2. The molecule has 3 aliphatic heterocycles. The number of ether oxygens (including phenoxy) is 3. The third kappa shape index (κ3) is 3.68. The molecule has 5 rings (SSSR count). The Bertz CT molecular complexity index is 1090. The van der Waals surface area contributed by atoms with Crippen molar-refractivity contribution in [1.29, 1.82) is 0 Å². The Morgan fingerprint density at radius 1 is 1.19 bits per heavy atom. The second-order valence-corrected chi connectivity index (χ2v) is 8.48. The number of anilines is 1. The third-order valence-corrected chi connectivity index (χ3v) is 6.07. The van der Waals surface area contributed by atoms with Gasteiger partial charge in [-0.15, -0.1) is 0 Å². The van der Waals surface area contributed by atoms with E-state index >= 15 is 0 Å². The van der Waals surface area contributed by atoms with Crippen molar-refractivity contribution in [2.24, 2.45) is 0 Å². The fourth-order valence-electron chi connectivity index (χ4n) is 4.00. The lowest BCUT2D eigenvalue weighted by atomic mass is 10.0. The first-order chi connectivity index (χ1) is 15.4. The number of carbonyl (C=O) groups is 2. The van der Waals surface area contributed by atoms with Crippen LogP contribution in [0.4, 0.5) is 15.3 Å². The van der Waals surface area contributed by atoms with Crippen LogP contribution in [0.2, 0.25) is 0 Å². The van der Waals surface area contributed by atoms with Gasteiger partial charge in [0.1, 0.15) is 18.4 Å². The number of likely N-dealkylation sites (N-methyl/N-ethyl adjacent to an activating group) is 1. The zero-order valence-corrected chi connectivity index (χ0v) is 18.0. The first-order valence-electron chi connectivity index (χ1n) is 9.91. The quantitative estimate of drug-likeness (QED) is 0.668. The van der Waals surface area contributed by atoms with Crippen LogP contribution in [0.3, 0.4) is 0 Å². The highest BCUT2D eigenvalue weighted by Gasteiger charge is 2.46. The number of carbonyl (C=O) groups excluding carboxylic acids is 2. The minimum Gasteiger partial charge on any atom is -0.489 e. The van der Waals surface area contributed by atoms with E-state index in [0.29, 0.717) is 23.7 Å². The van der Waals surface area contributed by atoms with Crippen LogP contribution in [-0.2, 0) is 18.6 Å². The molecular formula is C20H20N3O8P. The molecule has 1 N–H and O–H groups in total. The lowest BCUT2D eigenvalue weighted by Gasteiger charge is -2.31.